The van der Waals surface area contributed by atoms with Crippen LogP contribution in [-0.4, -0.2) is 44.6 Å². The number of nitrogens with zero attached hydrogens (tertiary/aromatic N) is 8. The minimum atomic E-state index is -2.73. The summed E-state index contributed by atoms with van der Waals surface area (Å²) in [5.41, 5.74) is 31.7. The van der Waals surface area contributed by atoms with Crippen molar-refractivity contribution in [3.05, 3.63) is 246 Å². The van der Waals surface area contributed by atoms with Crippen LogP contribution in [0, 0.1) is 27.7 Å². The van der Waals surface area contributed by atoms with Gasteiger partial charge in [-0.05, 0) is 68.8 Å². The molecule has 12 heterocycles. The van der Waals surface area contributed by atoms with E-state index in [9.17, 15) is 0 Å². The van der Waals surface area contributed by atoms with Gasteiger partial charge in [-0.15, -0.1) is 22.1 Å². The zero-order valence-corrected chi connectivity index (χ0v) is 52.2. The number of benzene rings is 4. The van der Waals surface area contributed by atoms with Gasteiger partial charge in [0.1, 0.15) is 0 Å². The molecule has 0 saturated carbocycles. The first-order chi connectivity index (χ1) is 40.1. The molecule has 2 radical (unpaired) electrons. The molecule has 8 nitrogen and oxygen atoms in total. The number of hydrogen-bond acceptors (Lipinski definition) is 3. The van der Waals surface area contributed by atoms with Crippen LogP contribution in [0.25, 0.3) is 115 Å². The summed E-state index contributed by atoms with van der Waals surface area (Å²) in [4.78, 5) is 26.5. The van der Waals surface area contributed by atoms with Gasteiger partial charge in [0.05, 0.1) is 22.8 Å². The van der Waals surface area contributed by atoms with Gasteiger partial charge in [0.15, 0.2) is 0 Å². The zero-order valence-electron chi connectivity index (χ0n) is 47.7. The van der Waals surface area contributed by atoms with Gasteiger partial charge in [-0.3, -0.25) is 0 Å². The summed E-state index contributed by atoms with van der Waals surface area (Å²) in [5, 5.41) is 5.62. The average Bonchev–Trinajstić information content (AvgIpc) is 2.69. The van der Waals surface area contributed by atoms with E-state index in [1.54, 1.807) is 0 Å². The molecule has 0 amide bonds. The minimum Gasteiger partial charge on any atom is 2.00 e. The van der Waals surface area contributed by atoms with Gasteiger partial charge in [0.25, 0.3) is 0 Å². The summed E-state index contributed by atoms with van der Waals surface area (Å²) < 4.78 is 8.39. The Morgan fingerprint density at radius 1 is 0.398 bits per heavy atom. The van der Waals surface area contributed by atoms with E-state index in [1.165, 1.54) is 83.0 Å². The van der Waals surface area contributed by atoms with Crippen molar-refractivity contribution in [3.8, 4) is 44.5 Å². The van der Waals surface area contributed by atoms with E-state index in [4.69, 9.17) is 24.9 Å². The number of hydrogen-bond donors (Lipinski definition) is 0. The van der Waals surface area contributed by atoms with Gasteiger partial charge in [-0.25, -0.2) is 9.97 Å². The molecular formula is C73H59N8RhSn. The molecule has 6 aromatic heterocycles. The molecule has 0 fully saturated rings. The SMILES string of the molecule is C1=Cc2nc1c(-c1ccccc1)c1ccc([n-]1)c(-c1ccccc1)c1nc(c(-c3ccccc3)c3ccc([n-]3)c2-c2ccccc2)C=C1.CCc1c(C)c2[n]3c1C=c1c(CC)c(C)c4[n]1[Sn]3[n]1c(c(C)c(C)c1=C1N=C(C=4)C(C)=C1C)=C2.[Rh+2]. The molecule has 404 valence electrons. The molecule has 0 spiro atoms. The van der Waals surface area contributed by atoms with E-state index < -0.39 is 20.6 Å². The molecule has 10 aromatic rings. The van der Waals surface area contributed by atoms with Crippen molar-refractivity contribution in [1.82, 2.24) is 28.3 Å². The monoisotopic (exact) mass is 1270 g/mol. The van der Waals surface area contributed by atoms with Crippen LogP contribution in [0.1, 0.15) is 95.2 Å². The maximum atomic E-state index is 5.31. The first-order valence-electron chi connectivity index (χ1n) is 28.6. The minimum absolute atomic E-state index is 0. The van der Waals surface area contributed by atoms with E-state index in [0.29, 0.717) is 0 Å². The van der Waals surface area contributed by atoms with E-state index >= 15 is 0 Å². The number of aromatic nitrogens is 7. The fourth-order valence-electron chi connectivity index (χ4n) is 13.4. The molecule has 83 heavy (non-hydrogen) atoms. The molecule has 4 aromatic carbocycles. The summed E-state index contributed by atoms with van der Waals surface area (Å²) >= 11 is -2.73. The number of allylic oxidation sites excluding steroid dienone is 1. The van der Waals surface area contributed by atoms with E-state index in [2.05, 4.69) is 228 Å². The topological polar surface area (TPSA) is 81.1 Å². The standard InChI is InChI=1S/C44H28N4.C29H31N4.Rh.Sn/c1-5-13-29(14-6-1)41-33-21-23-35(45-33)42(30-15-7-2-8-16-30)37-25-27-39(47-37)44(32-19-11-4-12-20-32)40-28-26-38(48-40)43(31-17-9-3-10-18-31)36-24-22-34(41)46-36;1-9-20-18(7)24-11-22-14(3)16(5)28(32-22)29-17(6)15(4)23(33-29)12-25-19(8)21(10-2)27(31-25)13-26(20)30-24;;/h1-28H;11-13H,9-10H2,1-8H3;;/q-2;-3;+2;+3. The average molecular weight is 1270 g/mol. The largest absolute Gasteiger partial charge is 2.00 e. The second-order valence-corrected chi connectivity index (χ2v) is 27.6. The van der Waals surface area contributed by atoms with Crippen molar-refractivity contribution in [2.24, 2.45) is 4.99 Å². The van der Waals surface area contributed by atoms with Crippen LogP contribution in [0.3, 0.4) is 0 Å². The van der Waals surface area contributed by atoms with E-state index in [-0.39, 0.29) is 19.5 Å². The van der Waals surface area contributed by atoms with Gasteiger partial charge in [0, 0.05) is 0 Å². The van der Waals surface area contributed by atoms with Crippen LogP contribution >= 0.6 is 0 Å². The van der Waals surface area contributed by atoms with Crippen molar-refractivity contribution in [1.29, 1.82) is 0 Å². The molecule has 6 aliphatic rings. The van der Waals surface area contributed by atoms with Crippen molar-refractivity contribution < 1.29 is 19.5 Å². The fourth-order valence-corrected chi connectivity index (χ4v) is 22.7. The van der Waals surface area contributed by atoms with Crippen molar-refractivity contribution in [3.63, 3.8) is 0 Å². The van der Waals surface area contributed by atoms with Crippen LogP contribution in [-0.2, 0) is 32.3 Å². The predicted molar refractivity (Wildman–Crippen MR) is 341 cm³/mol. The Kier molecular flexibility index (Phi) is 13.0. The zero-order chi connectivity index (χ0) is 55.7. The van der Waals surface area contributed by atoms with Crippen LogP contribution in [0.15, 0.2) is 162 Å². The number of fused-ring (bicyclic) bond motifs is 9. The normalized spacial score (nSPS) is 13.9. The Morgan fingerprint density at radius 3 is 1.23 bits per heavy atom. The molecule has 10 heteroatoms. The molecule has 6 aliphatic heterocycles. The van der Waals surface area contributed by atoms with E-state index in [0.717, 1.165) is 108 Å². The second-order valence-electron chi connectivity index (χ2n) is 22.1. The smallest absolute Gasteiger partial charge is 2.00 e. The van der Waals surface area contributed by atoms with Gasteiger partial charge >= 0.3 is 229 Å². The fraction of sp³-hybridized carbons (Fsp3) is 0.137. The molecular weight excluding hydrogens is 1210 g/mol. The first-order valence-corrected chi connectivity index (χ1v) is 32.5. The molecule has 10 bridgehead atoms. The molecule has 0 saturated heterocycles. The van der Waals surface area contributed by atoms with Crippen molar-refractivity contribution >= 4 is 96.6 Å². The van der Waals surface area contributed by atoms with Gasteiger partial charge in [0.2, 0.25) is 0 Å². The molecule has 0 atom stereocenters. The quantitative estimate of drug-likeness (QED) is 0.155. The third-order valence-corrected chi connectivity index (χ3v) is 25.3. The summed E-state index contributed by atoms with van der Waals surface area (Å²) in [6.07, 6.45) is 17.9. The molecule has 0 N–H and O–H groups in total. The third-order valence-electron chi connectivity index (χ3n) is 17.8. The number of aliphatic imine (C=N–C) groups is 1. The van der Waals surface area contributed by atoms with Gasteiger partial charge in [-0.1, -0.05) is 146 Å². The van der Waals surface area contributed by atoms with Crippen LogP contribution in [0.5, 0.6) is 0 Å². The molecule has 0 unspecified atom stereocenters. The Bertz CT molecular complexity index is 4630. The number of rotatable bonds is 6. The van der Waals surface area contributed by atoms with E-state index in [1.807, 2.05) is 24.3 Å². The Morgan fingerprint density at radius 2 is 0.807 bits per heavy atom. The first kappa shape index (κ1) is 52.7. The Labute approximate surface area is 504 Å². The molecule has 0 aliphatic carbocycles. The second kappa shape index (κ2) is 20.5. The Hall–Kier alpha value is -8.37. The van der Waals surface area contributed by atoms with Crippen LogP contribution in [0.4, 0.5) is 0 Å². The summed E-state index contributed by atoms with van der Waals surface area (Å²) in [6.45, 7) is 18.5. The third kappa shape index (κ3) is 8.13. The molecule has 16 rings (SSSR count). The van der Waals surface area contributed by atoms with Crippen molar-refractivity contribution in [2.75, 3.05) is 0 Å². The summed E-state index contributed by atoms with van der Waals surface area (Å²) in [5.74, 6) is 0. The Balaban J connectivity index is 0.000000155. The maximum Gasteiger partial charge on any atom is 2.00 e. The summed E-state index contributed by atoms with van der Waals surface area (Å²) in [7, 11) is 0. The predicted octanol–water partition coefficient (Wildman–Crippen LogP) is 12.9. The van der Waals surface area contributed by atoms with Crippen LogP contribution < -0.4 is 31.4 Å². The van der Waals surface area contributed by atoms with Gasteiger partial charge in [-0.2, -0.15) is 0 Å². The summed E-state index contributed by atoms with van der Waals surface area (Å²) in [6, 6.07) is 50.0. The van der Waals surface area contributed by atoms with Crippen molar-refractivity contribution in [2.45, 2.75) is 68.2 Å². The van der Waals surface area contributed by atoms with Crippen LogP contribution in [0.2, 0.25) is 0 Å². The maximum absolute atomic E-state index is 5.31. The van der Waals surface area contributed by atoms with Gasteiger partial charge < -0.3 is 9.97 Å².